The van der Waals surface area contributed by atoms with E-state index >= 15 is 0 Å². The molecule has 14 heavy (non-hydrogen) atoms. The molecule has 0 N–H and O–H groups in total. The molecule has 0 saturated heterocycles. The summed E-state index contributed by atoms with van der Waals surface area (Å²) in [5.74, 6) is 0.787. The molecule has 1 fully saturated rings. The largest absolute Gasteiger partial charge is 0.252 e. The lowest BCUT2D eigenvalue weighted by Crippen LogP contribution is -2.14. The highest BCUT2D eigenvalue weighted by atomic mass is 15.4. The minimum Gasteiger partial charge on any atom is -0.252 e. The molecule has 74 valence electrons. The van der Waals surface area contributed by atoms with Crippen molar-refractivity contribution in [2.75, 3.05) is 0 Å². The van der Waals surface area contributed by atoms with E-state index in [0.717, 1.165) is 18.2 Å². The lowest BCUT2D eigenvalue weighted by Gasteiger charge is -2.09. The lowest BCUT2D eigenvalue weighted by molar-refractivity contribution is 0.544. The topological polar surface area (TPSA) is 54.5 Å². The van der Waals surface area contributed by atoms with Crippen molar-refractivity contribution in [1.29, 1.82) is 5.26 Å². The molecule has 1 aliphatic carbocycles. The summed E-state index contributed by atoms with van der Waals surface area (Å²) in [4.78, 5) is 0. The quantitative estimate of drug-likeness (QED) is 0.725. The Morgan fingerprint density at radius 2 is 2.36 bits per heavy atom. The van der Waals surface area contributed by atoms with Crippen LogP contribution in [0.4, 0.5) is 0 Å². The van der Waals surface area contributed by atoms with Crippen LogP contribution in [0, 0.1) is 17.2 Å². The zero-order valence-corrected chi connectivity index (χ0v) is 8.56. The van der Waals surface area contributed by atoms with Gasteiger partial charge in [0.2, 0.25) is 0 Å². The second kappa shape index (κ2) is 3.09. The van der Waals surface area contributed by atoms with E-state index in [1.165, 1.54) is 12.8 Å². The fourth-order valence-corrected chi connectivity index (χ4v) is 1.30. The predicted molar refractivity (Wildman–Crippen MR) is 51.4 cm³/mol. The van der Waals surface area contributed by atoms with Gasteiger partial charge in [-0.2, -0.15) is 5.26 Å². The number of rotatable bonds is 3. The van der Waals surface area contributed by atoms with Crippen LogP contribution in [0.3, 0.4) is 0 Å². The first kappa shape index (κ1) is 9.20. The average Bonchev–Trinajstić information content (AvgIpc) is 2.81. The molecule has 0 aliphatic heterocycles. The Bertz CT molecular complexity index is 368. The van der Waals surface area contributed by atoms with E-state index in [9.17, 15) is 0 Å². The number of hydrogen-bond acceptors (Lipinski definition) is 3. The van der Waals surface area contributed by atoms with Crippen LogP contribution in [-0.2, 0) is 12.0 Å². The molecule has 0 spiro atoms. The van der Waals surface area contributed by atoms with Gasteiger partial charge in [-0.1, -0.05) is 5.21 Å². The van der Waals surface area contributed by atoms with Gasteiger partial charge in [0.25, 0.3) is 0 Å². The second-order valence-corrected chi connectivity index (χ2v) is 4.51. The summed E-state index contributed by atoms with van der Waals surface area (Å²) in [7, 11) is 0. The Balaban J connectivity index is 2.12. The molecule has 0 unspecified atom stereocenters. The molecule has 1 aromatic rings. The van der Waals surface area contributed by atoms with Gasteiger partial charge in [0.1, 0.15) is 5.69 Å². The average molecular weight is 190 g/mol. The first-order valence-corrected chi connectivity index (χ1v) is 4.94. The van der Waals surface area contributed by atoms with Gasteiger partial charge >= 0.3 is 0 Å². The summed E-state index contributed by atoms with van der Waals surface area (Å²) in [6, 6.07) is 2.22. The number of hydrogen-bond donors (Lipinski definition) is 0. The first-order chi connectivity index (χ1) is 6.62. The van der Waals surface area contributed by atoms with Crippen molar-refractivity contribution in [3.63, 3.8) is 0 Å². The Morgan fingerprint density at radius 1 is 1.64 bits per heavy atom. The van der Waals surface area contributed by atoms with Gasteiger partial charge in [-0.3, -0.25) is 4.68 Å². The Kier molecular flexibility index (Phi) is 2.03. The zero-order chi connectivity index (χ0) is 10.2. The maximum Gasteiger partial charge on any atom is 0.102 e. The van der Waals surface area contributed by atoms with Crippen LogP contribution >= 0.6 is 0 Å². The number of aromatic nitrogens is 3. The summed E-state index contributed by atoms with van der Waals surface area (Å²) in [6.45, 7) is 4.67. The van der Waals surface area contributed by atoms with Gasteiger partial charge < -0.3 is 0 Å². The maximum absolute atomic E-state index is 8.92. The van der Waals surface area contributed by atoms with E-state index in [4.69, 9.17) is 5.26 Å². The van der Waals surface area contributed by atoms with Crippen molar-refractivity contribution in [3.8, 4) is 6.07 Å². The van der Waals surface area contributed by atoms with Crippen molar-refractivity contribution in [2.45, 2.75) is 38.6 Å². The monoisotopic (exact) mass is 190 g/mol. The highest BCUT2D eigenvalue weighted by Gasteiger charge is 2.26. The van der Waals surface area contributed by atoms with Gasteiger partial charge in [0.15, 0.2) is 0 Å². The van der Waals surface area contributed by atoms with E-state index in [0.29, 0.717) is 0 Å². The zero-order valence-electron chi connectivity index (χ0n) is 8.56. The lowest BCUT2D eigenvalue weighted by atomic mass is 9.92. The summed E-state index contributed by atoms with van der Waals surface area (Å²) < 4.78 is 1.85. The SMILES string of the molecule is CC(C)(C#N)c1cn(CC2CC2)nn1. The molecule has 1 aromatic heterocycles. The van der Waals surface area contributed by atoms with Crippen LogP contribution < -0.4 is 0 Å². The summed E-state index contributed by atoms with van der Waals surface area (Å²) in [6.07, 6.45) is 4.50. The van der Waals surface area contributed by atoms with Crippen LogP contribution in [-0.4, -0.2) is 15.0 Å². The molecule has 0 bridgehead atoms. The Labute approximate surface area is 83.5 Å². The summed E-state index contributed by atoms with van der Waals surface area (Å²) in [5.41, 5.74) is 0.238. The molecule has 0 amide bonds. The van der Waals surface area contributed by atoms with Crippen molar-refractivity contribution in [2.24, 2.45) is 5.92 Å². The molecule has 0 aromatic carbocycles. The van der Waals surface area contributed by atoms with Gasteiger partial charge in [-0.05, 0) is 32.6 Å². The fraction of sp³-hybridized carbons (Fsp3) is 0.700. The van der Waals surface area contributed by atoms with Gasteiger partial charge in [-0.25, -0.2) is 0 Å². The van der Waals surface area contributed by atoms with Gasteiger partial charge in [0.05, 0.1) is 17.7 Å². The van der Waals surface area contributed by atoms with Crippen LogP contribution in [0.15, 0.2) is 6.20 Å². The normalized spacial score (nSPS) is 16.6. The number of nitriles is 1. The smallest absolute Gasteiger partial charge is 0.102 e. The van der Waals surface area contributed by atoms with E-state index < -0.39 is 5.41 Å². The molecular formula is C10H14N4. The highest BCUT2D eigenvalue weighted by molar-refractivity contribution is 5.19. The molecule has 0 atom stereocenters. The van der Waals surface area contributed by atoms with E-state index in [1.807, 2.05) is 24.7 Å². The molecule has 1 heterocycles. The van der Waals surface area contributed by atoms with E-state index in [2.05, 4.69) is 16.4 Å². The summed E-state index contributed by atoms with van der Waals surface area (Å²) in [5, 5.41) is 17.0. The van der Waals surface area contributed by atoms with E-state index in [1.54, 1.807) is 0 Å². The van der Waals surface area contributed by atoms with Crippen molar-refractivity contribution in [3.05, 3.63) is 11.9 Å². The molecular weight excluding hydrogens is 176 g/mol. The minimum atomic E-state index is -0.526. The first-order valence-electron chi connectivity index (χ1n) is 4.94. The van der Waals surface area contributed by atoms with Crippen LogP contribution in [0.1, 0.15) is 32.4 Å². The maximum atomic E-state index is 8.92. The van der Waals surface area contributed by atoms with Gasteiger partial charge in [0, 0.05) is 6.54 Å². The third kappa shape index (κ3) is 1.77. The molecule has 1 saturated carbocycles. The molecule has 4 nitrogen and oxygen atoms in total. The molecule has 0 radical (unpaired) electrons. The Hall–Kier alpha value is -1.37. The van der Waals surface area contributed by atoms with E-state index in [-0.39, 0.29) is 0 Å². The Morgan fingerprint density at radius 3 is 2.93 bits per heavy atom. The summed E-state index contributed by atoms with van der Waals surface area (Å²) >= 11 is 0. The molecule has 4 heteroatoms. The third-order valence-corrected chi connectivity index (χ3v) is 2.60. The van der Waals surface area contributed by atoms with Crippen molar-refractivity contribution in [1.82, 2.24) is 15.0 Å². The predicted octanol–water partition coefficient (Wildman–Crippen LogP) is 1.49. The van der Waals surface area contributed by atoms with Crippen LogP contribution in [0.2, 0.25) is 0 Å². The van der Waals surface area contributed by atoms with Crippen molar-refractivity contribution >= 4 is 0 Å². The molecule has 1 aliphatic rings. The molecule has 2 rings (SSSR count). The number of nitrogens with zero attached hydrogens (tertiary/aromatic N) is 4. The fourth-order valence-electron chi connectivity index (χ4n) is 1.30. The van der Waals surface area contributed by atoms with Crippen LogP contribution in [0.25, 0.3) is 0 Å². The third-order valence-electron chi connectivity index (χ3n) is 2.60. The van der Waals surface area contributed by atoms with Crippen LogP contribution in [0.5, 0.6) is 0 Å². The van der Waals surface area contributed by atoms with Gasteiger partial charge in [-0.15, -0.1) is 5.10 Å². The highest BCUT2D eigenvalue weighted by Crippen LogP contribution is 2.30. The second-order valence-electron chi connectivity index (χ2n) is 4.51. The minimum absolute atomic E-state index is 0.526. The standard InChI is InChI=1S/C10H14N4/c1-10(2,7-11)9-6-14(13-12-9)5-8-3-4-8/h6,8H,3-5H2,1-2H3. The van der Waals surface area contributed by atoms with Crippen molar-refractivity contribution < 1.29 is 0 Å².